The summed E-state index contributed by atoms with van der Waals surface area (Å²) >= 11 is 3.23. The highest BCUT2D eigenvalue weighted by molar-refractivity contribution is 9.10. The van der Waals surface area contributed by atoms with Gasteiger partial charge in [0.1, 0.15) is 5.69 Å². The Labute approximate surface area is 114 Å². The minimum Gasteiger partial charge on any atom is -0.383 e. The van der Waals surface area contributed by atoms with E-state index in [1.54, 1.807) is 30.0 Å². The molecule has 0 saturated carbocycles. The summed E-state index contributed by atoms with van der Waals surface area (Å²) in [6, 6.07) is 3.43. The highest BCUT2D eigenvalue weighted by atomic mass is 79.9. The molecule has 0 radical (unpaired) electrons. The van der Waals surface area contributed by atoms with Gasteiger partial charge in [-0.3, -0.25) is 4.79 Å². The second-order valence-electron chi connectivity index (χ2n) is 3.69. The maximum Gasteiger partial charge on any atom is 0.273 e. The van der Waals surface area contributed by atoms with Crippen LogP contribution in [-0.2, 0) is 11.3 Å². The fraction of sp³-hybridized carbons (Fsp3) is 0.455. The smallest absolute Gasteiger partial charge is 0.273 e. The van der Waals surface area contributed by atoms with Crippen LogP contribution >= 0.6 is 15.9 Å². The number of halogens is 1. The van der Waals surface area contributed by atoms with Crippen LogP contribution in [0.15, 0.2) is 23.1 Å². The van der Waals surface area contributed by atoms with Gasteiger partial charge in [-0.05, 0) is 12.1 Å². The van der Waals surface area contributed by atoms with Gasteiger partial charge in [-0.15, -0.1) is 0 Å². The van der Waals surface area contributed by atoms with Gasteiger partial charge in [0.25, 0.3) is 5.56 Å². The van der Waals surface area contributed by atoms with E-state index in [1.807, 2.05) is 0 Å². The third-order valence-electron chi connectivity index (χ3n) is 2.38. The summed E-state index contributed by atoms with van der Waals surface area (Å²) in [7, 11) is 1.59. The van der Waals surface area contributed by atoms with Gasteiger partial charge < -0.3 is 25.8 Å². The Hall–Kier alpha value is -1.18. The number of methoxy groups -OCH3 is 1. The quantitative estimate of drug-likeness (QED) is 0.390. The summed E-state index contributed by atoms with van der Waals surface area (Å²) in [5.74, 6) is 0. The fourth-order valence-electron chi connectivity index (χ4n) is 1.38. The number of nitrogens with two attached hydrogens (primary N) is 1. The molecular weight excluding hydrogens is 300 g/mol. The van der Waals surface area contributed by atoms with Gasteiger partial charge in [-0.2, -0.15) is 0 Å². The van der Waals surface area contributed by atoms with E-state index in [1.165, 1.54) is 6.21 Å². The number of nitrogens with one attached hydrogen (secondary N) is 2. The van der Waals surface area contributed by atoms with Gasteiger partial charge >= 0.3 is 0 Å². The molecular formula is C11H17BrN4O2. The number of pyridine rings is 1. The number of hydrogen-bond acceptors (Lipinski definition) is 5. The zero-order chi connectivity index (χ0) is 13.5. The van der Waals surface area contributed by atoms with Crippen molar-refractivity contribution < 1.29 is 4.74 Å². The standard InChI is InChI=1S/C11H17BrN4O2/c1-18-6-5-16-4-2-3-9(11(16)17)15-10(14)8(12)7-13/h2-4,7-8,10,13,15H,5-6,14H2,1H3. The Morgan fingerprint density at radius 3 is 3.06 bits per heavy atom. The highest BCUT2D eigenvalue weighted by Crippen LogP contribution is 2.05. The van der Waals surface area contributed by atoms with Crippen molar-refractivity contribution in [3.05, 3.63) is 28.7 Å². The number of ether oxygens (including phenoxy) is 1. The first-order valence-corrected chi connectivity index (χ1v) is 6.37. The van der Waals surface area contributed by atoms with Crippen LogP contribution < -0.4 is 16.6 Å². The molecule has 0 aliphatic heterocycles. The SMILES string of the molecule is COCCn1cccc(NC(N)C(Br)C=N)c1=O. The molecule has 0 spiro atoms. The van der Waals surface area contributed by atoms with Crippen LogP contribution in [-0.4, -0.2) is 35.5 Å². The monoisotopic (exact) mass is 316 g/mol. The average molecular weight is 317 g/mol. The number of rotatable bonds is 7. The van der Waals surface area contributed by atoms with Crippen molar-refractivity contribution in [3.8, 4) is 0 Å². The van der Waals surface area contributed by atoms with Crippen molar-refractivity contribution in [2.24, 2.45) is 5.73 Å². The molecule has 2 atom stereocenters. The molecule has 0 fully saturated rings. The Kier molecular flexibility index (Phi) is 6.03. The van der Waals surface area contributed by atoms with Crippen molar-refractivity contribution in [2.75, 3.05) is 19.0 Å². The summed E-state index contributed by atoms with van der Waals surface area (Å²) in [6.07, 6.45) is 2.33. The second kappa shape index (κ2) is 7.30. The molecule has 1 aromatic heterocycles. The van der Waals surface area contributed by atoms with Crippen LogP contribution in [0, 0.1) is 5.41 Å². The average Bonchev–Trinajstić information content (AvgIpc) is 2.38. The summed E-state index contributed by atoms with van der Waals surface area (Å²) in [4.78, 5) is 11.7. The molecule has 7 heteroatoms. The Balaban J connectivity index is 2.83. The van der Waals surface area contributed by atoms with Crippen molar-refractivity contribution in [3.63, 3.8) is 0 Å². The van der Waals surface area contributed by atoms with E-state index in [4.69, 9.17) is 15.9 Å². The molecule has 0 aromatic carbocycles. The van der Waals surface area contributed by atoms with Crippen molar-refractivity contribution in [1.29, 1.82) is 5.41 Å². The van der Waals surface area contributed by atoms with Crippen LogP contribution in [0.25, 0.3) is 0 Å². The van der Waals surface area contributed by atoms with Crippen molar-refractivity contribution >= 4 is 27.8 Å². The lowest BCUT2D eigenvalue weighted by atomic mass is 10.3. The molecule has 1 rings (SSSR count). The number of alkyl halides is 1. The van der Waals surface area contributed by atoms with Crippen LogP contribution in [0.4, 0.5) is 5.69 Å². The minimum absolute atomic E-state index is 0.158. The van der Waals surface area contributed by atoms with E-state index < -0.39 is 6.17 Å². The molecule has 0 bridgehead atoms. The summed E-state index contributed by atoms with van der Waals surface area (Å²) in [5, 5.41) is 9.98. The lowest BCUT2D eigenvalue weighted by molar-refractivity contribution is 0.186. The van der Waals surface area contributed by atoms with E-state index in [0.29, 0.717) is 18.8 Å². The van der Waals surface area contributed by atoms with Gasteiger partial charge in [0.2, 0.25) is 0 Å². The Morgan fingerprint density at radius 2 is 2.44 bits per heavy atom. The summed E-state index contributed by atoms with van der Waals surface area (Å²) < 4.78 is 6.48. The van der Waals surface area contributed by atoms with E-state index in [0.717, 1.165) is 0 Å². The lowest BCUT2D eigenvalue weighted by Crippen LogP contribution is -2.41. The number of nitrogens with zero attached hydrogens (tertiary/aromatic N) is 1. The molecule has 1 aromatic rings. The van der Waals surface area contributed by atoms with E-state index in [2.05, 4.69) is 21.2 Å². The van der Waals surface area contributed by atoms with Crippen LogP contribution in [0.1, 0.15) is 0 Å². The molecule has 0 aliphatic carbocycles. The van der Waals surface area contributed by atoms with Gasteiger partial charge in [0, 0.05) is 26.1 Å². The Bertz CT molecular complexity index is 449. The molecule has 1 heterocycles. The zero-order valence-electron chi connectivity index (χ0n) is 10.1. The summed E-state index contributed by atoms with van der Waals surface area (Å²) in [5.41, 5.74) is 6.05. The predicted octanol–water partition coefficient (Wildman–Crippen LogP) is 0.604. The highest BCUT2D eigenvalue weighted by Gasteiger charge is 2.13. The molecule has 6 nitrogen and oxygen atoms in total. The minimum atomic E-state index is -0.534. The van der Waals surface area contributed by atoms with Gasteiger partial charge in [0.05, 0.1) is 17.6 Å². The first kappa shape index (κ1) is 14.9. The molecule has 2 unspecified atom stereocenters. The zero-order valence-corrected chi connectivity index (χ0v) is 11.7. The molecule has 100 valence electrons. The van der Waals surface area contributed by atoms with E-state index in [9.17, 15) is 4.79 Å². The van der Waals surface area contributed by atoms with Gasteiger partial charge in [-0.25, -0.2) is 0 Å². The van der Waals surface area contributed by atoms with Gasteiger partial charge in [0.15, 0.2) is 0 Å². The van der Waals surface area contributed by atoms with E-state index in [-0.39, 0.29) is 10.4 Å². The van der Waals surface area contributed by atoms with Crippen LogP contribution in [0.3, 0.4) is 0 Å². The molecule has 18 heavy (non-hydrogen) atoms. The van der Waals surface area contributed by atoms with Crippen LogP contribution in [0.2, 0.25) is 0 Å². The third kappa shape index (κ3) is 3.94. The third-order valence-corrected chi connectivity index (χ3v) is 3.21. The number of hydrogen-bond donors (Lipinski definition) is 3. The van der Waals surface area contributed by atoms with Crippen molar-refractivity contribution in [1.82, 2.24) is 4.57 Å². The molecule has 0 amide bonds. The maximum absolute atomic E-state index is 12.0. The topological polar surface area (TPSA) is 93.1 Å². The maximum atomic E-state index is 12.0. The normalized spacial score (nSPS) is 13.9. The van der Waals surface area contributed by atoms with Crippen LogP contribution in [0.5, 0.6) is 0 Å². The van der Waals surface area contributed by atoms with Gasteiger partial charge in [-0.1, -0.05) is 15.9 Å². The second-order valence-corrected chi connectivity index (χ2v) is 4.75. The molecule has 0 saturated heterocycles. The number of anilines is 1. The Morgan fingerprint density at radius 1 is 1.72 bits per heavy atom. The largest absolute Gasteiger partial charge is 0.383 e. The molecule has 4 N–H and O–H groups in total. The lowest BCUT2D eigenvalue weighted by Gasteiger charge is -2.17. The summed E-state index contributed by atoms with van der Waals surface area (Å²) in [6.45, 7) is 0.958. The molecule has 0 aliphatic rings. The fourth-order valence-corrected chi connectivity index (χ4v) is 1.51. The number of aromatic nitrogens is 1. The van der Waals surface area contributed by atoms with E-state index >= 15 is 0 Å². The van der Waals surface area contributed by atoms with Crippen molar-refractivity contribution in [2.45, 2.75) is 17.5 Å². The first-order valence-electron chi connectivity index (χ1n) is 5.45. The first-order chi connectivity index (χ1) is 8.60. The predicted molar refractivity (Wildman–Crippen MR) is 75.7 cm³/mol.